The van der Waals surface area contributed by atoms with Gasteiger partial charge < -0.3 is 0 Å². The average Bonchev–Trinajstić information content (AvgIpc) is 2.86. The van der Waals surface area contributed by atoms with E-state index in [9.17, 15) is 0 Å². The van der Waals surface area contributed by atoms with Crippen LogP contribution in [0.15, 0.2) is 60.7 Å². The van der Waals surface area contributed by atoms with Crippen LogP contribution >= 0.6 is 15.2 Å². The highest BCUT2D eigenvalue weighted by atomic mass is 31.2. The van der Waals surface area contributed by atoms with E-state index in [4.69, 9.17) is 0 Å². The fourth-order valence-electron chi connectivity index (χ4n) is 6.17. The first-order valence-electron chi connectivity index (χ1n) is 15.6. The number of benzene rings is 2. The lowest BCUT2D eigenvalue weighted by atomic mass is 10.1. The molecule has 0 heterocycles. The van der Waals surface area contributed by atoms with E-state index in [1.54, 1.807) is 6.16 Å². The second-order valence-corrected chi connectivity index (χ2v) is 19.3. The molecular weight excluding hydrogens is 482 g/mol. The Kier molecular flexibility index (Phi) is 17.0. The fourth-order valence-corrected chi connectivity index (χ4v) is 13.6. The molecule has 208 valence electrons. The first-order valence-corrected chi connectivity index (χ1v) is 19.9. The third kappa shape index (κ3) is 14.9. The highest BCUT2D eigenvalue weighted by Crippen LogP contribution is 2.58. The standard InChI is InChI=1S/C35H59P2/c1-32(2)30-37(5,31-33(3)4)29-23-15-13-11-9-7-6-8-10-12-14-22-28-36(34-24-18-16-19-25-34)35-26-20-17-21-27-35/h16-21,24-27,32-33H,6-15,22-23,28-31H2,1-5H3/q+1. The lowest BCUT2D eigenvalue weighted by Crippen LogP contribution is -2.14. The zero-order chi connectivity index (χ0) is 26.8. The smallest absolute Gasteiger partial charge is 0.0614 e. The summed E-state index contributed by atoms with van der Waals surface area (Å²) in [5.74, 6) is 1.75. The van der Waals surface area contributed by atoms with Gasteiger partial charge in [-0.2, -0.15) is 0 Å². The van der Waals surface area contributed by atoms with Gasteiger partial charge in [0.25, 0.3) is 0 Å². The third-order valence-corrected chi connectivity index (χ3v) is 14.8. The van der Waals surface area contributed by atoms with E-state index in [0.29, 0.717) is 0 Å². The molecule has 0 N–H and O–H groups in total. The maximum atomic E-state index is 2.67. The fraction of sp³-hybridized carbons (Fsp3) is 0.657. The predicted molar refractivity (Wildman–Crippen MR) is 176 cm³/mol. The second kappa shape index (κ2) is 19.4. The minimum atomic E-state index is -0.700. The van der Waals surface area contributed by atoms with Gasteiger partial charge in [0.15, 0.2) is 0 Å². The molecule has 0 aromatic heterocycles. The molecule has 0 radical (unpaired) electrons. The van der Waals surface area contributed by atoms with Crippen molar-refractivity contribution in [3.63, 3.8) is 0 Å². The molecule has 0 aliphatic rings. The maximum absolute atomic E-state index is 2.67. The van der Waals surface area contributed by atoms with E-state index in [1.165, 1.54) is 106 Å². The van der Waals surface area contributed by atoms with Crippen LogP contribution in [0, 0.1) is 11.8 Å². The van der Waals surface area contributed by atoms with Gasteiger partial charge in [0, 0.05) is 13.9 Å². The van der Waals surface area contributed by atoms with E-state index in [0.717, 1.165) is 11.8 Å². The Morgan fingerprint density at radius 3 is 1.24 bits per heavy atom. The van der Waals surface area contributed by atoms with Crippen molar-refractivity contribution in [2.45, 2.75) is 105 Å². The average molecular weight is 542 g/mol. The number of unbranched alkanes of at least 4 members (excludes halogenated alkanes) is 11. The summed E-state index contributed by atoms with van der Waals surface area (Å²) in [6.07, 6.45) is 23.2. The van der Waals surface area contributed by atoms with E-state index < -0.39 is 7.26 Å². The minimum absolute atomic E-state index is 0.203. The zero-order valence-corrected chi connectivity index (χ0v) is 26.9. The van der Waals surface area contributed by atoms with Crippen LogP contribution in [0.4, 0.5) is 0 Å². The van der Waals surface area contributed by atoms with Gasteiger partial charge in [-0.25, -0.2) is 0 Å². The van der Waals surface area contributed by atoms with E-state index >= 15 is 0 Å². The molecule has 0 aliphatic carbocycles. The molecule has 2 heteroatoms. The molecule has 37 heavy (non-hydrogen) atoms. The van der Waals surface area contributed by atoms with Crippen molar-refractivity contribution in [1.82, 2.24) is 0 Å². The molecule has 0 spiro atoms. The quantitative estimate of drug-likeness (QED) is 0.109. The van der Waals surface area contributed by atoms with E-state index in [-0.39, 0.29) is 7.92 Å². The lowest BCUT2D eigenvalue weighted by Gasteiger charge is -2.27. The monoisotopic (exact) mass is 541 g/mol. The van der Waals surface area contributed by atoms with Crippen molar-refractivity contribution >= 4 is 25.8 Å². The van der Waals surface area contributed by atoms with Crippen LogP contribution in [0.1, 0.15) is 105 Å². The molecule has 0 saturated heterocycles. The summed E-state index contributed by atoms with van der Waals surface area (Å²) in [4.78, 5) is 0. The van der Waals surface area contributed by atoms with Gasteiger partial charge in [-0.15, -0.1) is 0 Å². The Morgan fingerprint density at radius 1 is 0.514 bits per heavy atom. The highest BCUT2D eigenvalue weighted by Gasteiger charge is 2.32. The molecule has 0 bridgehead atoms. The topological polar surface area (TPSA) is 0 Å². The first-order chi connectivity index (χ1) is 17.9. The van der Waals surface area contributed by atoms with E-state index in [2.05, 4.69) is 95.0 Å². The molecule has 0 aliphatic heterocycles. The van der Waals surface area contributed by atoms with Crippen LogP contribution in [-0.4, -0.2) is 31.3 Å². The Hall–Kier alpha value is -0.700. The SMILES string of the molecule is CC(C)C[P+](C)(CCCCCCCCCCCCCCP(c1ccccc1)c1ccccc1)CC(C)C. The van der Waals surface area contributed by atoms with Crippen molar-refractivity contribution in [1.29, 1.82) is 0 Å². The van der Waals surface area contributed by atoms with Crippen LogP contribution in [0.25, 0.3) is 0 Å². The van der Waals surface area contributed by atoms with E-state index in [1.807, 2.05) is 0 Å². The summed E-state index contributed by atoms with van der Waals surface area (Å²) in [6, 6.07) is 22.4. The lowest BCUT2D eigenvalue weighted by molar-refractivity contribution is 0.548. The molecule has 0 saturated carbocycles. The molecule has 2 aromatic carbocycles. The van der Waals surface area contributed by atoms with Gasteiger partial charge in [0.1, 0.15) is 0 Å². The van der Waals surface area contributed by atoms with Crippen LogP contribution in [0.2, 0.25) is 0 Å². The zero-order valence-electron chi connectivity index (χ0n) is 25.1. The summed E-state index contributed by atoms with van der Waals surface area (Å²) >= 11 is 0. The molecule has 0 nitrogen and oxygen atoms in total. The molecular formula is C35H59P2+. The number of hydrogen-bond acceptors (Lipinski definition) is 0. The summed E-state index contributed by atoms with van der Waals surface area (Å²) in [5.41, 5.74) is 0. The van der Waals surface area contributed by atoms with Crippen molar-refractivity contribution < 1.29 is 0 Å². The Labute approximate surface area is 233 Å². The Bertz CT molecular complexity index is 734. The van der Waals surface area contributed by atoms with Crippen LogP contribution < -0.4 is 10.6 Å². The van der Waals surface area contributed by atoms with Crippen LogP contribution in [0.3, 0.4) is 0 Å². The predicted octanol–water partition coefficient (Wildman–Crippen LogP) is 10.8. The summed E-state index contributed by atoms with van der Waals surface area (Å²) < 4.78 is 0. The van der Waals surface area contributed by atoms with Gasteiger partial charge >= 0.3 is 0 Å². The Morgan fingerprint density at radius 2 is 0.865 bits per heavy atom. The largest absolute Gasteiger partial charge is 0.0622 e. The van der Waals surface area contributed by atoms with Gasteiger partial charge in [-0.1, -0.05) is 146 Å². The third-order valence-electron chi connectivity index (χ3n) is 7.58. The van der Waals surface area contributed by atoms with Gasteiger partial charge in [-0.05, 0) is 55.8 Å². The van der Waals surface area contributed by atoms with Crippen molar-refractivity contribution in [3.05, 3.63) is 60.7 Å². The molecule has 2 rings (SSSR count). The first kappa shape index (κ1) is 32.5. The summed E-state index contributed by atoms with van der Waals surface area (Å²) in [5, 5.41) is 3.07. The molecule has 0 unspecified atom stereocenters. The van der Waals surface area contributed by atoms with Gasteiger partial charge in [0.2, 0.25) is 0 Å². The number of hydrogen-bond donors (Lipinski definition) is 0. The summed E-state index contributed by atoms with van der Waals surface area (Å²) in [6.45, 7) is 12.4. The van der Waals surface area contributed by atoms with Gasteiger partial charge in [0.05, 0.1) is 18.5 Å². The van der Waals surface area contributed by atoms with Crippen molar-refractivity contribution in [2.24, 2.45) is 11.8 Å². The molecule has 0 fully saturated rings. The van der Waals surface area contributed by atoms with Crippen molar-refractivity contribution in [3.8, 4) is 0 Å². The minimum Gasteiger partial charge on any atom is -0.0622 e. The van der Waals surface area contributed by atoms with Crippen LogP contribution in [0.5, 0.6) is 0 Å². The van der Waals surface area contributed by atoms with Crippen LogP contribution in [-0.2, 0) is 0 Å². The molecule has 0 atom stereocenters. The molecule has 2 aromatic rings. The van der Waals surface area contributed by atoms with Gasteiger partial charge in [-0.3, -0.25) is 0 Å². The Balaban J connectivity index is 1.48. The molecule has 0 amide bonds. The highest BCUT2D eigenvalue weighted by molar-refractivity contribution is 7.75. The second-order valence-electron chi connectivity index (χ2n) is 12.6. The summed E-state index contributed by atoms with van der Waals surface area (Å²) in [7, 11) is -0.904. The maximum Gasteiger partial charge on any atom is 0.0614 e. The normalized spacial score (nSPS) is 12.2. The van der Waals surface area contributed by atoms with Crippen molar-refractivity contribution in [2.75, 3.05) is 31.3 Å². The number of rotatable bonds is 21.